The lowest BCUT2D eigenvalue weighted by atomic mass is 9.80. The molecular formula is C22H25NO4. The molecular weight excluding hydrogens is 342 g/mol. The van der Waals surface area contributed by atoms with E-state index in [4.69, 9.17) is 4.74 Å². The molecule has 0 unspecified atom stereocenters. The number of likely N-dealkylation sites (N-methyl/N-ethyl adjacent to an activating group) is 1. The molecule has 2 aliphatic heterocycles. The Hall–Kier alpha value is -2.21. The summed E-state index contributed by atoms with van der Waals surface area (Å²) in [4.78, 5) is 14.8. The van der Waals surface area contributed by atoms with Gasteiger partial charge < -0.3 is 14.9 Å². The van der Waals surface area contributed by atoms with Crippen LogP contribution in [-0.4, -0.2) is 52.4 Å². The van der Waals surface area contributed by atoms with Crippen molar-refractivity contribution in [1.29, 1.82) is 0 Å². The molecule has 0 amide bonds. The van der Waals surface area contributed by atoms with E-state index >= 15 is 0 Å². The monoisotopic (exact) mass is 367 g/mol. The number of carbonyl (C=O) groups excluding carboxylic acids is 1. The second-order valence-electron chi connectivity index (χ2n) is 7.59. The van der Waals surface area contributed by atoms with Crippen LogP contribution >= 0.6 is 0 Å². The molecule has 4 rings (SSSR count). The van der Waals surface area contributed by atoms with Crippen molar-refractivity contribution < 1.29 is 19.7 Å². The first-order valence-electron chi connectivity index (χ1n) is 9.45. The number of benzene rings is 2. The lowest BCUT2D eigenvalue weighted by Gasteiger charge is -2.44. The van der Waals surface area contributed by atoms with Crippen molar-refractivity contribution in [3.05, 3.63) is 71.8 Å². The van der Waals surface area contributed by atoms with E-state index in [1.165, 1.54) is 0 Å². The van der Waals surface area contributed by atoms with Gasteiger partial charge in [0.25, 0.3) is 0 Å². The first kappa shape index (κ1) is 18.2. The van der Waals surface area contributed by atoms with Gasteiger partial charge in [-0.25, -0.2) is 4.79 Å². The van der Waals surface area contributed by atoms with Crippen LogP contribution in [0.1, 0.15) is 34.9 Å². The normalized spacial score (nSPS) is 31.4. The Morgan fingerprint density at radius 1 is 1.07 bits per heavy atom. The molecule has 0 spiro atoms. The van der Waals surface area contributed by atoms with E-state index in [1.807, 2.05) is 43.4 Å². The largest absolute Gasteiger partial charge is 0.458 e. The molecule has 2 aromatic rings. The van der Waals surface area contributed by atoms with Crippen molar-refractivity contribution >= 4 is 5.97 Å². The van der Waals surface area contributed by atoms with Crippen LogP contribution in [0, 0.1) is 5.92 Å². The Kier molecular flexibility index (Phi) is 5.00. The lowest BCUT2D eigenvalue weighted by molar-refractivity contribution is -0.0906. The minimum Gasteiger partial charge on any atom is -0.458 e. The van der Waals surface area contributed by atoms with Gasteiger partial charge in [0.1, 0.15) is 6.10 Å². The summed E-state index contributed by atoms with van der Waals surface area (Å²) >= 11 is 0. The molecule has 27 heavy (non-hydrogen) atoms. The Labute approximate surface area is 159 Å². The Morgan fingerprint density at radius 2 is 1.70 bits per heavy atom. The highest BCUT2D eigenvalue weighted by molar-refractivity contribution is 5.89. The summed E-state index contributed by atoms with van der Waals surface area (Å²) in [7, 11) is 1.98. The van der Waals surface area contributed by atoms with Crippen molar-refractivity contribution in [3.8, 4) is 0 Å². The number of hydrogen-bond donors (Lipinski definition) is 2. The Balaban J connectivity index is 1.63. The minimum absolute atomic E-state index is 0.151. The highest BCUT2D eigenvalue weighted by Gasteiger charge is 2.54. The fraction of sp³-hybridized carbons (Fsp3) is 0.409. The van der Waals surface area contributed by atoms with Crippen LogP contribution in [0.5, 0.6) is 0 Å². The van der Waals surface area contributed by atoms with Crippen molar-refractivity contribution in [2.45, 2.75) is 43.2 Å². The maximum Gasteiger partial charge on any atom is 0.338 e. The van der Waals surface area contributed by atoms with Gasteiger partial charge >= 0.3 is 5.97 Å². The predicted octanol–water partition coefficient (Wildman–Crippen LogP) is 2.40. The zero-order valence-corrected chi connectivity index (χ0v) is 15.3. The average Bonchev–Trinajstić information content (AvgIpc) is 2.87. The van der Waals surface area contributed by atoms with Crippen LogP contribution in [0.15, 0.2) is 60.7 Å². The SMILES string of the molecule is CN1[C@H]2C[C@@H](O)[C@@H]1[C@H]([C@H](O)c1ccccc1)[C@@H](OC(=O)c1ccccc1)C2. The number of rotatable bonds is 4. The van der Waals surface area contributed by atoms with Gasteiger partial charge in [-0.2, -0.15) is 0 Å². The van der Waals surface area contributed by atoms with Crippen LogP contribution in [0.4, 0.5) is 0 Å². The number of ether oxygens (including phenoxy) is 1. The van der Waals surface area contributed by atoms with Gasteiger partial charge in [0, 0.05) is 24.4 Å². The van der Waals surface area contributed by atoms with Crippen molar-refractivity contribution in [2.75, 3.05) is 7.05 Å². The number of esters is 1. The van der Waals surface area contributed by atoms with Crippen LogP contribution < -0.4 is 0 Å². The molecule has 2 bridgehead atoms. The molecule has 5 nitrogen and oxygen atoms in total. The van der Waals surface area contributed by atoms with E-state index in [0.29, 0.717) is 18.4 Å². The topological polar surface area (TPSA) is 70.0 Å². The number of aliphatic hydroxyl groups is 2. The van der Waals surface area contributed by atoms with Gasteiger partial charge in [-0.1, -0.05) is 48.5 Å². The first-order valence-corrected chi connectivity index (χ1v) is 9.45. The average molecular weight is 367 g/mol. The van der Waals surface area contributed by atoms with Crippen LogP contribution in [0.25, 0.3) is 0 Å². The maximum atomic E-state index is 12.6. The molecule has 0 saturated carbocycles. The van der Waals surface area contributed by atoms with E-state index in [0.717, 1.165) is 5.56 Å². The summed E-state index contributed by atoms with van der Waals surface area (Å²) in [5.41, 5.74) is 1.27. The smallest absolute Gasteiger partial charge is 0.338 e. The van der Waals surface area contributed by atoms with E-state index in [1.54, 1.807) is 24.3 Å². The molecule has 2 N–H and O–H groups in total. The maximum absolute atomic E-state index is 12.6. The third-order valence-electron chi connectivity index (χ3n) is 6.06. The number of fused-ring (bicyclic) bond motifs is 2. The number of aliphatic hydroxyl groups excluding tert-OH is 2. The third-order valence-corrected chi connectivity index (χ3v) is 6.06. The van der Waals surface area contributed by atoms with Gasteiger partial charge in [0.2, 0.25) is 0 Å². The molecule has 142 valence electrons. The standard InChI is InChI=1S/C22H25NO4/c1-23-16-12-17(24)20(23)19(21(25)14-8-4-2-5-9-14)18(13-16)27-22(26)15-10-6-3-7-11-15/h2-11,16-21,24-25H,12-13H2,1H3/t16-,17+,18-,19+,20+,21+/m0/s1. The molecule has 2 aromatic carbocycles. The quantitative estimate of drug-likeness (QED) is 0.812. The Morgan fingerprint density at radius 3 is 2.37 bits per heavy atom. The van der Waals surface area contributed by atoms with Gasteiger partial charge in [0.05, 0.1) is 17.8 Å². The summed E-state index contributed by atoms with van der Waals surface area (Å²) in [6.07, 6.45) is -0.559. The van der Waals surface area contributed by atoms with E-state index in [2.05, 4.69) is 4.90 Å². The second kappa shape index (κ2) is 7.43. The molecule has 6 atom stereocenters. The van der Waals surface area contributed by atoms with Crippen molar-refractivity contribution in [2.24, 2.45) is 5.92 Å². The molecule has 2 aliphatic rings. The second-order valence-corrected chi connectivity index (χ2v) is 7.59. The van der Waals surface area contributed by atoms with Gasteiger partial charge in [-0.3, -0.25) is 4.90 Å². The van der Waals surface area contributed by atoms with E-state index in [9.17, 15) is 15.0 Å². The zero-order valence-electron chi connectivity index (χ0n) is 15.3. The molecule has 0 aromatic heterocycles. The van der Waals surface area contributed by atoms with Crippen molar-refractivity contribution in [1.82, 2.24) is 4.90 Å². The summed E-state index contributed by atoms with van der Waals surface area (Å²) in [6.45, 7) is 0. The fourth-order valence-electron chi connectivity index (χ4n) is 4.70. The lowest BCUT2D eigenvalue weighted by Crippen LogP contribution is -2.54. The van der Waals surface area contributed by atoms with Crippen LogP contribution in [0.3, 0.4) is 0 Å². The highest BCUT2D eigenvalue weighted by Crippen LogP contribution is 2.45. The molecule has 2 fully saturated rings. The molecule has 2 saturated heterocycles. The summed E-state index contributed by atoms with van der Waals surface area (Å²) in [5.74, 6) is -0.775. The molecule has 0 aliphatic carbocycles. The fourth-order valence-corrected chi connectivity index (χ4v) is 4.70. The summed E-state index contributed by atoms with van der Waals surface area (Å²) in [6, 6.07) is 18.2. The Bertz CT molecular complexity index is 781. The van der Waals surface area contributed by atoms with Crippen LogP contribution in [-0.2, 0) is 4.74 Å². The minimum atomic E-state index is -0.819. The number of piperidine rings is 1. The highest BCUT2D eigenvalue weighted by atomic mass is 16.5. The first-order chi connectivity index (χ1) is 13.1. The van der Waals surface area contributed by atoms with Crippen LogP contribution in [0.2, 0.25) is 0 Å². The van der Waals surface area contributed by atoms with Crippen molar-refractivity contribution in [3.63, 3.8) is 0 Å². The summed E-state index contributed by atoms with van der Waals surface area (Å²) in [5, 5.41) is 21.7. The van der Waals surface area contributed by atoms with E-state index < -0.39 is 18.3 Å². The number of nitrogens with zero attached hydrogens (tertiary/aromatic N) is 1. The molecule has 0 radical (unpaired) electrons. The predicted molar refractivity (Wildman–Crippen MR) is 101 cm³/mol. The zero-order chi connectivity index (χ0) is 19.0. The summed E-state index contributed by atoms with van der Waals surface area (Å²) < 4.78 is 5.87. The third kappa shape index (κ3) is 3.38. The number of carbonyl (C=O) groups is 1. The molecule has 2 heterocycles. The van der Waals surface area contributed by atoms with Gasteiger partial charge in [0.15, 0.2) is 0 Å². The van der Waals surface area contributed by atoms with Gasteiger partial charge in [-0.05, 0) is 31.2 Å². The van der Waals surface area contributed by atoms with E-state index in [-0.39, 0.29) is 24.0 Å². The van der Waals surface area contributed by atoms with Gasteiger partial charge in [-0.15, -0.1) is 0 Å². The molecule has 5 heteroatoms. The number of hydrogen-bond acceptors (Lipinski definition) is 5.